The molecule has 0 radical (unpaired) electrons. The number of hydrogen-bond acceptors (Lipinski definition) is 3. The van der Waals surface area contributed by atoms with E-state index in [1.807, 2.05) is 24.3 Å². The first kappa shape index (κ1) is 16.5. The number of nitrogens with one attached hydrogen (secondary N) is 4. The summed E-state index contributed by atoms with van der Waals surface area (Å²) in [5.41, 5.74) is 5.29. The van der Waals surface area contributed by atoms with Crippen molar-refractivity contribution in [3.05, 3.63) is 36.0 Å². The van der Waals surface area contributed by atoms with Crippen LogP contribution in [0.1, 0.15) is 31.1 Å². The van der Waals surface area contributed by atoms with Gasteiger partial charge in [-0.1, -0.05) is 39.0 Å². The summed E-state index contributed by atoms with van der Waals surface area (Å²) in [7, 11) is 0. The van der Waals surface area contributed by atoms with Gasteiger partial charge in [-0.3, -0.25) is 25.2 Å². The molecule has 3 amide bonds. The molecule has 0 spiro atoms. The van der Waals surface area contributed by atoms with Gasteiger partial charge in [0, 0.05) is 22.5 Å². The minimum absolute atomic E-state index is 0.204. The Balaban J connectivity index is 1.87. The van der Waals surface area contributed by atoms with E-state index in [0.29, 0.717) is 5.56 Å². The second-order valence-electron chi connectivity index (χ2n) is 6.18. The lowest BCUT2D eigenvalue weighted by molar-refractivity contribution is -0.131. The smallest absolute Gasteiger partial charge is 0.271 e. The second-order valence-corrected chi connectivity index (χ2v) is 6.18. The van der Waals surface area contributed by atoms with Gasteiger partial charge >= 0.3 is 0 Å². The number of carbonyl (C=O) groups is 3. The van der Waals surface area contributed by atoms with Crippen molar-refractivity contribution in [2.24, 2.45) is 5.41 Å². The number of aromatic amines is 1. The third-order valence-corrected chi connectivity index (χ3v) is 3.24. The summed E-state index contributed by atoms with van der Waals surface area (Å²) in [6, 6.07) is 7.35. The number of hydrazine groups is 1. The zero-order valence-electron chi connectivity index (χ0n) is 13.3. The van der Waals surface area contributed by atoms with Crippen molar-refractivity contribution in [2.75, 3.05) is 6.54 Å². The highest BCUT2D eigenvalue weighted by molar-refractivity contribution is 6.07. The predicted molar refractivity (Wildman–Crippen MR) is 86.4 cm³/mol. The maximum atomic E-state index is 12.1. The van der Waals surface area contributed by atoms with Crippen LogP contribution in [0, 0.1) is 5.41 Å². The lowest BCUT2D eigenvalue weighted by atomic mass is 9.96. The Hall–Kier alpha value is -2.83. The van der Waals surface area contributed by atoms with Crippen molar-refractivity contribution in [3.8, 4) is 0 Å². The standard InChI is InChI=1S/C16H20N4O3/c1-16(2,3)15(23)18-9-13(21)19-20-14(22)11-8-17-12-7-5-4-6-10(11)12/h4-8,17H,9H2,1-3H3,(H,18,23)(H,19,21)(H,20,22). The first-order valence-corrected chi connectivity index (χ1v) is 7.22. The summed E-state index contributed by atoms with van der Waals surface area (Å²) in [5, 5.41) is 3.27. The van der Waals surface area contributed by atoms with Crippen LogP contribution in [0.2, 0.25) is 0 Å². The van der Waals surface area contributed by atoms with E-state index in [0.717, 1.165) is 10.9 Å². The molecule has 1 heterocycles. The maximum Gasteiger partial charge on any atom is 0.271 e. The Morgan fingerprint density at radius 2 is 1.78 bits per heavy atom. The first-order valence-electron chi connectivity index (χ1n) is 7.22. The molecular formula is C16H20N4O3. The molecule has 0 aliphatic rings. The van der Waals surface area contributed by atoms with Gasteiger partial charge in [-0.25, -0.2) is 0 Å². The molecule has 0 unspecified atom stereocenters. The van der Waals surface area contributed by atoms with Gasteiger partial charge in [0.15, 0.2) is 0 Å². The molecule has 1 aromatic carbocycles. The molecule has 2 aromatic rings. The van der Waals surface area contributed by atoms with E-state index in [1.165, 1.54) is 0 Å². The summed E-state index contributed by atoms with van der Waals surface area (Å²) in [6.07, 6.45) is 1.58. The van der Waals surface area contributed by atoms with Crippen LogP contribution < -0.4 is 16.2 Å². The molecular weight excluding hydrogens is 296 g/mol. The van der Waals surface area contributed by atoms with E-state index in [1.54, 1.807) is 27.0 Å². The fraction of sp³-hybridized carbons (Fsp3) is 0.312. The number of hydrogen-bond donors (Lipinski definition) is 4. The number of H-pyrrole nitrogens is 1. The van der Waals surface area contributed by atoms with Crippen LogP contribution in [-0.2, 0) is 9.59 Å². The number of fused-ring (bicyclic) bond motifs is 1. The summed E-state index contributed by atoms with van der Waals surface area (Å²) in [4.78, 5) is 38.4. The van der Waals surface area contributed by atoms with Crippen LogP contribution in [0.25, 0.3) is 10.9 Å². The molecule has 7 heteroatoms. The molecule has 0 aliphatic carbocycles. The van der Waals surface area contributed by atoms with Crippen LogP contribution in [0.15, 0.2) is 30.5 Å². The van der Waals surface area contributed by atoms with Crippen LogP contribution in [-0.4, -0.2) is 29.3 Å². The fourth-order valence-corrected chi connectivity index (χ4v) is 1.92. The minimum Gasteiger partial charge on any atom is -0.360 e. The molecule has 0 saturated carbocycles. The maximum absolute atomic E-state index is 12.1. The van der Waals surface area contributed by atoms with Crippen LogP contribution >= 0.6 is 0 Å². The van der Waals surface area contributed by atoms with Gasteiger partial charge in [0.2, 0.25) is 5.91 Å². The second kappa shape index (κ2) is 6.51. The van der Waals surface area contributed by atoms with Gasteiger partial charge in [-0.2, -0.15) is 0 Å². The van der Waals surface area contributed by atoms with Gasteiger partial charge in [-0.15, -0.1) is 0 Å². The molecule has 0 fully saturated rings. The summed E-state index contributed by atoms with van der Waals surface area (Å²) in [6.45, 7) is 5.04. The summed E-state index contributed by atoms with van der Waals surface area (Å²) < 4.78 is 0. The van der Waals surface area contributed by atoms with Gasteiger partial charge in [0.1, 0.15) is 0 Å². The van der Waals surface area contributed by atoms with Gasteiger partial charge < -0.3 is 10.3 Å². The highest BCUT2D eigenvalue weighted by atomic mass is 16.2. The van der Waals surface area contributed by atoms with E-state index in [2.05, 4.69) is 21.2 Å². The molecule has 2 rings (SSSR count). The van der Waals surface area contributed by atoms with Crippen molar-refractivity contribution in [2.45, 2.75) is 20.8 Å². The molecule has 0 saturated heterocycles. The van der Waals surface area contributed by atoms with Crippen molar-refractivity contribution in [1.82, 2.24) is 21.2 Å². The third kappa shape index (κ3) is 4.09. The number of para-hydroxylation sites is 1. The van der Waals surface area contributed by atoms with Crippen LogP contribution in [0.3, 0.4) is 0 Å². The Labute approximate surface area is 133 Å². The molecule has 7 nitrogen and oxygen atoms in total. The summed E-state index contributed by atoms with van der Waals surface area (Å²) >= 11 is 0. The highest BCUT2D eigenvalue weighted by Crippen LogP contribution is 2.17. The van der Waals surface area contributed by atoms with E-state index >= 15 is 0 Å². The van der Waals surface area contributed by atoms with Gasteiger partial charge in [-0.05, 0) is 6.07 Å². The van der Waals surface area contributed by atoms with Crippen molar-refractivity contribution in [1.29, 1.82) is 0 Å². The first-order chi connectivity index (χ1) is 10.8. The SMILES string of the molecule is CC(C)(C)C(=O)NCC(=O)NNC(=O)c1c[nH]c2ccccc12. The molecule has 0 atom stereocenters. The largest absolute Gasteiger partial charge is 0.360 e. The number of aromatic nitrogens is 1. The molecule has 1 aromatic heterocycles. The zero-order chi connectivity index (χ0) is 17.0. The van der Waals surface area contributed by atoms with E-state index < -0.39 is 17.2 Å². The number of amides is 3. The lowest BCUT2D eigenvalue weighted by Gasteiger charge is -2.17. The van der Waals surface area contributed by atoms with E-state index in [4.69, 9.17) is 0 Å². The van der Waals surface area contributed by atoms with E-state index in [9.17, 15) is 14.4 Å². The molecule has 4 N–H and O–H groups in total. The fourth-order valence-electron chi connectivity index (χ4n) is 1.92. The summed E-state index contributed by atoms with van der Waals surface area (Å²) in [5.74, 6) is -1.18. The lowest BCUT2D eigenvalue weighted by Crippen LogP contribution is -2.47. The average Bonchev–Trinajstić information content (AvgIpc) is 2.93. The number of carbonyl (C=O) groups excluding carboxylic acids is 3. The van der Waals surface area contributed by atoms with Crippen molar-refractivity contribution >= 4 is 28.6 Å². The molecule has 23 heavy (non-hydrogen) atoms. The molecule has 122 valence electrons. The quantitative estimate of drug-likeness (QED) is 0.637. The normalized spacial score (nSPS) is 11.1. The van der Waals surface area contributed by atoms with Gasteiger partial charge in [0.05, 0.1) is 12.1 Å². The predicted octanol–water partition coefficient (Wildman–Crippen LogP) is 1.09. The Morgan fingerprint density at radius 1 is 1.09 bits per heavy atom. The van der Waals surface area contributed by atoms with Gasteiger partial charge in [0.25, 0.3) is 11.8 Å². The number of benzene rings is 1. The van der Waals surface area contributed by atoms with Crippen LogP contribution in [0.4, 0.5) is 0 Å². The molecule has 0 aliphatic heterocycles. The third-order valence-electron chi connectivity index (χ3n) is 3.24. The zero-order valence-corrected chi connectivity index (χ0v) is 13.3. The topological polar surface area (TPSA) is 103 Å². The monoisotopic (exact) mass is 316 g/mol. The van der Waals surface area contributed by atoms with Crippen molar-refractivity contribution in [3.63, 3.8) is 0 Å². The Kier molecular flexibility index (Phi) is 4.68. The van der Waals surface area contributed by atoms with Crippen molar-refractivity contribution < 1.29 is 14.4 Å². The van der Waals surface area contributed by atoms with E-state index in [-0.39, 0.29) is 12.5 Å². The number of rotatable bonds is 3. The highest BCUT2D eigenvalue weighted by Gasteiger charge is 2.21. The minimum atomic E-state index is -0.576. The average molecular weight is 316 g/mol. The Morgan fingerprint density at radius 3 is 2.48 bits per heavy atom. The Bertz CT molecular complexity index is 743. The molecule has 0 bridgehead atoms. The van der Waals surface area contributed by atoms with Crippen LogP contribution in [0.5, 0.6) is 0 Å².